The molecule has 3 nitrogen and oxygen atoms in total. The van der Waals surface area contributed by atoms with Crippen molar-refractivity contribution in [2.45, 2.75) is 13.5 Å². The Labute approximate surface area is 110 Å². The zero-order valence-electron chi connectivity index (χ0n) is 9.67. The minimum Gasteiger partial charge on any atom is -0.316 e. The van der Waals surface area contributed by atoms with Crippen molar-refractivity contribution in [1.82, 2.24) is 15.1 Å². The Balaban J connectivity index is 2.42. The normalized spacial score (nSPS) is 10.8. The first-order valence-electron chi connectivity index (χ1n) is 5.27. The molecule has 1 aromatic heterocycles. The van der Waals surface area contributed by atoms with Crippen LogP contribution in [0.15, 0.2) is 24.4 Å². The van der Waals surface area contributed by atoms with Crippen molar-refractivity contribution in [1.29, 1.82) is 0 Å². The molecule has 0 bridgehead atoms. The Morgan fingerprint density at radius 1 is 1.29 bits per heavy atom. The van der Waals surface area contributed by atoms with Crippen LogP contribution in [0.4, 0.5) is 0 Å². The van der Waals surface area contributed by atoms with Crippen LogP contribution < -0.4 is 5.32 Å². The SMILES string of the molecule is CNCc1cnn(-c2ccc(Cl)c(Cl)c2)c1C. The number of rotatable bonds is 3. The van der Waals surface area contributed by atoms with E-state index < -0.39 is 0 Å². The Morgan fingerprint density at radius 2 is 2.06 bits per heavy atom. The molecule has 5 heteroatoms. The monoisotopic (exact) mass is 269 g/mol. The smallest absolute Gasteiger partial charge is 0.0664 e. The van der Waals surface area contributed by atoms with Gasteiger partial charge in [0.15, 0.2) is 0 Å². The van der Waals surface area contributed by atoms with E-state index in [4.69, 9.17) is 23.2 Å². The molecule has 0 atom stereocenters. The highest BCUT2D eigenvalue weighted by atomic mass is 35.5. The molecular formula is C12H13Cl2N3. The van der Waals surface area contributed by atoms with Gasteiger partial charge in [-0.15, -0.1) is 0 Å². The predicted molar refractivity (Wildman–Crippen MR) is 71.1 cm³/mol. The molecule has 0 aliphatic heterocycles. The molecule has 0 spiro atoms. The molecule has 17 heavy (non-hydrogen) atoms. The highest BCUT2D eigenvalue weighted by molar-refractivity contribution is 6.42. The Bertz CT molecular complexity index is 535. The van der Waals surface area contributed by atoms with Crippen LogP contribution in [0.5, 0.6) is 0 Å². The van der Waals surface area contributed by atoms with Crippen LogP contribution in [0.3, 0.4) is 0 Å². The lowest BCUT2D eigenvalue weighted by atomic mass is 10.2. The summed E-state index contributed by atoms with van der Waals surface area (Å²) in [5.74, 6) is 0. The quantitative estimate of drug-likeness (QED) is 0.928. The number of hydrogen-bond acceptors (Lipinski definition) is 2. The number of benzene rings is 1. The molecule has 0 radical (unpaired) electrons. The molecule has 90 valence electrons. The third kappa shape index (κ3) is 2.46. The van der Waals surface area contributed by atoms with Crippen molar-refractivity contribution in [2.75, 3.05) is 7.05 Å². The van der Waals surface area contributed by atoms with Gasteiger partial charge < -0.3 is 5.32 Å². The average molecular weight is 270 g/mol. The highest BCUT2D eigenvalue weighted by Gasteiger charge is 2.08. The van der Waals surface area contributed by atoms with E-state index in [9.17, 15) is 0 Å². The maximum absolute atomic E-state index is 6.00. The molecule has 2 aromatic rings. The summed E-state index contributed by atoms with van der Waals surface area (Å²) >= 11 is 11.9. The van der Waals surface area contributed by atoms with Crippen LogP contribution in [0.25, 0.3) is 5.69 Å². The minimum atomic E-state index is 0.536. The largest absolute Gasteiger partial charge is 0.316 e. The summed E-state index contributed by atoms with van der Waals surface area (Å²) in [6, 6.07) is 5.49. The lowest BCUT2D eigenvalue weighted by Gasteiger charge is -2.06. The standard InChI is InChI=1S/C12H13Cl2N3/c1-8-9(6-15-2)7-16-17(8)10-3-4-11(13)12(14)5-10/h3-5,7,15H,6H2,1-2H3. The summed E-state index contributed by atoms with van der Waals surface area (Å²) < 4.78 is 1.86. The van der Waals surface area contributed by atoms with Crippen molar-refractivity contribution in [2.24, 2.45) is 0 Å². The summed E-state index contributed by atoms with van der Waals surface area (Å²) in [6.07, 6.45) is 1.86. The van der Waals surface area contributed by atoms with Crippen molar-refractivity contribution < 1.29 is 0 Å². The van der Waals surface area contributed by atoms with Gasteiger partial charge in [-0.2, -0.15) is 5.10 Å². The summed E-state index contributed by atoms with van der Waals surface area (Å²) in [5.41, 5.74) is 3.18. The van der Waals surface area contributed by atoms with Crippen LogP contribution >= 0.6 is 23.2 Å². The number of nitrogens with one attached hydrogen (secondary N) is 1. The van der Waals surface area contributed by atoms with Gasteiger partial charge in [-0.1, -0.05) is 23.2 Å². The molecular weight excluding hydrogens is 257 g/mol. The third-order valence-corrected chi connectivity index (χ3v) is 3.37. The Morgan fingerprint density at radius 3 is 2.71 bits per heavy atom. The van der Waals surface area contributed by atoms with Gasteiger partial charge in [0.1, 0.15) is 0 Å². The van der Waals surface area contributed by atoms with Gasteiger partial charge in [-0.25, -0.2) is 4.68 Å². The first-order valence-corrected chi connectivity index (χ1v) is 6.02. The lowest BCUT2D eigenvalue weighted by Crippen LogP contribution is -2.06. The van der Waals surface area contributed by atoms with E-state index in [0.29, 0.717) is 10.0 Å². The van der Waals surface area contributed by atoms with Crippen LogP contribution in [0.2, 0.25) is 10.0 Å². The zero-order chi connectivity index (χ0) is 12.4. The van der Waals surface area contributed by atoms with Gasteiger partial charge in [0.05, 0.1) is 21.9 Å². The van der Waals surface area contributed by atoms with Gasteiger partial charge in [-0.05, 0) is 32.2 Å². The molecule has 0 amide bonds. The maximum Gasteiger partial charge on any atom is 0.0664 e. The van der Waals surface area contributed by atoms with Crippen molar-refractivity contribution in [3.63, 3.8) is 0 Å². The fourth-order valence-electron chi connectivity index (χ4n) is 1.68. The number of aromatic nitrogens is 2. The number of nitrogens with zero attached hydrogens (tertiary/aromatic N) is 2. The summed E-state index contributed by atoms with van der Waals surface area (Å²) in [5, 5.41) is 8.55. The molecule has 0 aliphatic carbocycles. The van der Waals surface area contributed by atoms with Crippen LogP contribution in [-0.4, -0.2) is 16.8 Å². The first-order chi connectivity index (χ1) is 8.13. The van der Waals surface area contributed by atoms with Gasteiger partial charge in [0.2, 0.25) is 0 Å². The van der Waals surface area contributed by atoms with Crippen LogP contribution in [0.1, 0.15) is 11.3 Å². The predicted octanol–water partition coefficient (Wildman–Crippen LogP) is 3.21. The summed E-state index contributed by atoms with van der Waals surface area (Å²) in [4.78, 5) is 0. The zero-order valence-corrected chi connectivity index (χ0v) is 11.2. The van der Waals surface area contributed by atoms with Crippen molar-refractivity contribution in [3.8, 4) is 5.69 Å². The third-order valence-electron chi connectivity index (χ3n) is 2.63. The molecule has 0 saturated carbocycles. The van der Waals surface area contributed by atoms with Gasteiger partial charge in [0, 0.05) is 17.8 Å². The van der Waals surface area contributed by atoms with Gasteiger partial charge in [0.25, 0.3) is 0 Å². The molecule has 0 unspecified atom stereocenters. The maximum atomic E-state index is 6.00. The molecule has 0 aliphatic rings. The van der Waals surface area contributed by atoms with Crippen molar-refractivity contribution >= 4 is 23.2 Å². The number of hydrogen-bond donors (Lipinski definition) is 1. The van der Waals surface area contributed by atoms with Gasteiger partial charge >= 0.3 is 0 Å². The van der Waals surface area contributed by atoms with E-state index >= 15 is 0 Å². The van der Waals surface area contributed by atoms with Crippen LogP contribution in [-0.2, 0) is 6.54 Å². The Hall–Kier alpha value is -1.03. The van der Waals surface area contributed by atoms with E-state index in [1.807, 2.05) is 37.0 Å². The fourth-order valence-corrected chi connectivity index (χ4v) is 1.98. The second-order valence-electron chi connectivity index (χ2n) is 3.80. The van der Waals surface area contributed by atoms with E-state index in [2.05, 4.69) is 10.4 Å². The topological polar surface area (TPSA) is 29.9 Å². The summed E-state index contributed by atoms with van der Waals surface area (Å²) in [6.45, 7) is 2.83. The Kier molecular flexibility index (Phi) is 3.72. The molecule has 1 N–H and O–H groups in total. The average Bonchev–Trinajstić information content (AvgIpc) is 2.66. The molecule has 1 heterocycles. The van der Waals surface area contributed by atoms with Crippen LogP contribution in [0, 0.1) is 6.92 Å². The van der Waals surface area contributed by atoms with E-state index in [0.717, 1.165) is 17.9 Å². The minimum absolute atomic E-state index is 0.536. The molecule has 2 rings (SSSR count). The molecule has 0 fully saturated rings. The van der Waals surface area contributed by atoms with E-state index in [-0.39, 0.29) is 0 Å². The molecule has 0 saturated heterocycles. The summed E-state index contributed by atoms with van der Waals surface area (Å²) in [7, 11) is 1.91. The fraction of sp³-hybridized carbons (Fsp3) is 0.250. The van der Waals surface area contributed by atoms with Gasteiger partial charge in [-0.3, -0.25) is 0 Å². The highest BCUT2D eigenvalue weighted by Crippen LogP contribution is 2.25. The lowest BCUT2D eigenvalue weighted by molar-refractivity contribution is 0.801. The second-order valence-corrected chi connectivity index (χ2v) is 4.61. The van der Waals surface area contributed by atoms with Crippen molar-refractivity contribution in [3.05, 3.63) is 45.7 Å². The number of halogens is 2. The molecule has 1 aromatic carbocycles. The first kappa shape index (κ1) is 12.4. The second kappa shape index (κ2) is 5.08. The van der Waals surface area contributed by atoms with E-state index in [1.165, 1.54) is 5.56 Å². The van der Waals surface area contributed by atoms with E-state index in [1.54, 1.807) is 6.07 Å².